The first-order valence-corrected chi connectivity index (χ1v) is 12.6. The van der Waals surface area contributed by atoms with Crippen LogP contribution >= 0.6 is 11.8 Å². The predicted octanol–water partition coefficient (Wildman–Crippen LogP) is 4.85. The van der Waals surface area contributed by atoms with Crippen molar-refractivity contribution in [1.29, 1.82) is 0 Å². The zero-order chi connectivity index (χ0) is 23.4. The summed E-state index contributed by atoms with van der Waals surface area (Å²) < 4.78 is 51.4. The lowest BCUT2D eigenvalue weighted by Gasteiger charge is -2.18. The maximum atomic E-state index is 13.1. The molecule has 4 aromatic rings. The van der Waals surface area contributed by atoms with Gasteiger partial charge in [-0.1, -0.05) is 31.7 Å². The molecule has 0 aliphatic heterocycles. The van der Waals surface area contributed by atoms with Crippen LogP contribution in [0.25, 0.3) is 22.8 Å². The van der Waals surface area contributed by atoms with Gasteiger partial charge in [-0.05, 0) is 42.5 Å². The Morgan fingerprint density at radius 1 is 1.00 bits per heavy atom. The number of sulfonamides is 1. The molecular formula is C22H21FN4O4S2. The minimum atomic E-state index is -3.60. The van der Waals surface area contributed by atoms with Crippen LogP contribution < -0.4 is 0 Å². The van der Waals surface area contributed by atoms with E-state index in [0.717, 1.165) is 5.56 Å². The van der Waals surface area contributed by atoms with Crippen molar-refractivity contribution >= 4 is 21.8 Å². The van der Waals surface area contributed by atoms with Crippen LogP contribution in [0.4, 0.5) is 4.39 Å². The first kappa shape index (κ1) is 23.1. The second-order valence-electron chi connectivity index (χ2n) is 6.90. The van der Waals surface area contributed by atoms with Gasteiger partial charge in [-0.2, -0.15) is 4.31 Å². The van der Waals surface area contributed by atoms with Crippen molar-refractivity contribution in [2.45, 2.75) is 29.7 Å². The van der Waals surface area contributed by atoms with Crippen molar-refractivity contribution in [3.63, 3.8) is 0 Å². The first-order chi connectivity index (χ1) is 15.9. The van der Waals surface area contributed by atoms with E-state index in [0.29, 0.717) is 41.3 Å². The summed E-state index contributed by atoms with van der Waals surface area (Å²) in [6.07, 6.45) is 1.57. The zero-order valence-corrected chi connectivity index (χ0v) is 19.6. The molecule has 8 nitrogen and oxygen atoms in total. The van der Waals surface area contributed by atoms with Gasteiger partial charge < -0.3 is 8.83 Å². The number of aromatic nitrogens is 3. The summed E-state index contributed by atoms with van der Waals surface area (Å²) in [5.74, 6) is 1.22. The zero-order valence-electron chi connectivity index (χ0n) is 17.9. The summed E-state index contributed by atoms with van der Waals surface area (Å²) in [5, 5.41) is 8.35. The maximum Gasteiger partial charge on any atom is 0.277 e. The number of nitrogens with zero attached hydrogens (tertiary/aromatic N) is 4. The molecule has 0 radical (unpaired) electrons. The maximum absolute atomic E-state index is 13.1. The van der Waals surface area contributed by atoms with E-state index in [1.807, 2.05) is 0 Å². The fraction of sp³-hybridized carbons (Fsp3) is 0.227. The quantitative estimate of drug-likeness (QED) is 0.308. The molecule has 0 aliphatic carbocycles. The van der Waals surface area contributed by atoms with Crippen molar-refractivity contribution in [1.82, 2.24) is 19.5 Å². The molecule has 2 heterocycles. The van der Waals surface area contributed by atoms with Crippen molar-refractivity contribution in [3.05, 3.63) is 66.4 Å². The fourth-order valence-corrected chi connectivity index (χ4v) is 5.26. The van der Waals surface area contributed by atoms with Gasteiger partial charge in [-0.3, -0.25) is 0 Å². The van der Waals surface area contributed by atoms with Gasteiger partial charge in [0.2, 0.25) is 21.8 Å². The number of oxazole rings is 1. The summed E-state index contributed by atoms with van der Waals surface area (Å²) in [6, 6.07) is 12.4. The van der Waals surface area contributed by atoms with Gasteiger partial charge in [-0.15, -0.1) is 10.2 Å². The molecule has 0 aliphatic rings. The minimum absolute atomic E-state index is 0.171. The third-order valence-electron chi connectivity index (χ3n) is 4.83. The van der Waals surface area contributed by atoms with Crippen LogP contribution in [0, 0.1) is 5.82 Å². The molecule has 172 valence electrons. The fourth-order valence-electron chi connectivity index (χ4n) is 3.14. The lowest BCUT2D eigenvalue weighted by molar-refractivity contribution is 0.445. The van der Waals surface area contributed by atoms with Gasteiger partial charge in [0.15, 0.2) is 5.76 Å². The van der Waals surface area contributed by atoms with Gasteiger partial charge >= 0.3 is 0 Å². The third-order valence-corrected chi connectivity index (χ3v) is 7.68. The van der Waals surface area contributed by atoms with E-state index in [2.05, 4.69) is 15.2 Å². The molecule has 11 heteroatoms. The molecule has 0 fully saturated rings. The van der Waals surface area contributed by atoms with Crippen LogP contribution in [-0.2, 0) is 15.8 Å². The molecule has 0 atom stereocenters. The smallest absolute Gasteiger partial charge is 0.277 e. The van der Waals surface area contributed by atoms with Crippen molar-refractivity contribution in [2.75, 3.05) is 13.1 Å². The van der Waals surface area contributed by atoms with Crippen LogP contribution in [0.5, 0.6) is 0 Å². The normalized spacial score (nSPS) is 11.9. The summed E-state index contributed by atoms with van der Waals surface area (Å²) in [7, 11) is -3.60. The van der Waals surface area contributed by atoms with Gasteiger partial charge in [0.05, 0.1) is 16.8 Å². The van der Waals surface area contributed by atoms with E-state index >= 15 is 0 Å². The van der Waals surface area contributed by atoms with Gasteiger partial charge in [0, 0.05) is 24.2 Å². The van der Waals surface area contributed by atoms with Crippen molar-refractivity contribution in [2.24, 2.45) is 0 Å². The van der Waals surface area contributed by atoms with Crippen LogP contribution in [-0.4, -0.2) is 41.0 Å². The van der Waals surface area contributed by atoms with Crippen LogP contribution in [0.15, 0.2) is 73.7 Å². The number of hydrogen-bond donors (Lipinski definition) is 0. The molecule has 0 saturated heterocycles. The minimum Gasteiger partial charge on any atom is -0.440 e. The Kier molecular flexibility index (Phi) is 6.91. The Hall–Kier alpha value is -3.02. The molecule has 0 saturated carbocycles. The van der Waals surface area contributed by atoms with Crippen LogP contribution in [0.3, 0.4) is 0 Å². The summed E-state index contributed by atoms with van der Waals surface area (Å²) in [6.45, 7) is 4.36. The van der Waals surface area contributed by atoms with E-state index in [4.69, 9.17) is 8.83 Å². The Balaban J connectivity index is 1.45. The summed E-state index contributed by atoms with van der Waals surface area (Å²) in [4.78, 5) is 4.39. The van der Waals surface area contributed by atoms with E-state index < -0.39 is 10.0 Å². The average molecular weight is 489 g/mol. The number of benzene rings is 2. The second-order valence-corrected chi connectivity index (χ2v) is 9.77. The second kappa shape index (κ2) is 9.86. The number of halogens is 1. The van der Waals surface area contributed by atoms with Gasteiger partial charge in [0.1, 0.15) is 5.82 Å². The Labute approximate surface area is 194 Å². The summed E-state index contributed by atoms with van der Waals surface area (Å²) >= 11 is 1.24. The highest BCUT2D eigenvalue weighted by Crippen LogP contribution is 2.29. The third kappa shape index (κ3) is 5.15. The van der Waals surface area contributed by atoms with Crippen LogP contribution in [0.2, 0.25) is 0 Å². The Morgan fingerprint density at radius 2 is 1.76 bits per heavy atom. The molecule has 4 rings (SSSR count). The van der Waals surface area contributed by atoms with Gasteiger partial charge in [-0.25, -0.2) is 17.8 Å². The van der Waals surface area contributed by atoms with E-state index in [9.17, 15) is 12.8 Å². The Morgan fingerprint density at radius 3 is 2.48 bits per heavy atom. The molecule has 0 bridgehead atoms. The molecule has 0 unspecified atom stereocenters. The SMILES string of the molecule is CCN(CC)S(=O)(=O)c1cccc(-c2nnc(SCc3ncc(-c4ccc(F)cc4)o3)o2)c1. The highest BCUT2D eigenvalue weighted by Gasteiger charge is 2.22. The molecular weight excluding hydrogens is 467 g/mol. The lowest BCUT2D eigenvalue weighted by Crippen LogP contribution is -2.30. The Bertz CT molecular complexity index is 1330. The van der Waals surface area contributed by atoms with E-state index in [-0.39, 0.29) is 16.6 Å². The highest BCUT2D eigenvalue weighted by atomic mass is 32.2. The monoisotopic (exact) mass is 488 g/mol. The lowest BCUT2D eigenvalue weighted by atomic mass is 10.2. The molecule has 0 amide bonds. The number of hydrogen-bond acceptors (Lipinski definition) is 8. The van der Waals surface area contributed by atoms with Gasteiger partial charge in [0.25, 0.3) is 5.22 Å². The van der Waals surface area contributed by atoms with E-state index in [1.54, 1.807) is 50.4 Å². The first-order valence-electron chi connectivity index (χ1n) is 10.2. The largest absolute Gasteiger partial charge is 0.440 e. The van der Waals surface area contributed by atoms with Crippen molar-refractivity contribution < 1.29 is 21.6 Å². The number of thioether (sulfide) groups is 1. The van der Waals surface area contributed by atoms with Crippen molar-refractivity contribution in [3.8, 4) is 22.8 Å². The summed E-state index contributed by atoms with van der Waals surface area (Å²) in [5.41, 5.74) is 1.23. The standard InChI is InChI=1S/C22H21FN4O4S2/c1-3-27(4-2)33(28,29)18-7-5-6-16(12-18)21-25-26-22(31-21)32-14-20-24-13-19(30-20)15-8-10-17(23)11-9-15/h5-13H,3-4,14H2,1-2H3. The molecule has 2 aromatic carbocycles. The predicted molar refractivity (Wildman–Crippen MR) is 121 cm³/mol. The van der Waals surface area contributed by atoms with E-state index in [1.165, 1.54) is 34.3 Å². The highest BCUT2D eigenvalue weighted by molar-refractivity contribution is 7.98. The molecule has 0 spiro atoms. The molecule has 0 N–H and O–H groups in total. The van der Waals surface area contributed by atoms with Crippen LogP contribution in [0.1, 0.15) is 19.7 Å². The molecule has 2 aromatic heterocycles. The molecule has 33 heavy (non-hydrogen) atoms. The number of rotatable bonds is 9. The average Bonchev–Trinajstić information content (AvgIpc) is 3.49. The topological polar surface area (TPSA) is 102 Å².